The van der Waals surface area contributed by atoms with Crippen LogP contribution >= 0.6 is 11.6 Å². The SMILES string of the molecule is O=[N+]([O-])c1ccc2oc3c(Nc4ccccc4)nc(Cl)nc3c2c1. The minimum atomic E-state index is -0.468. The summed E-state index contributed by atoms with van der Waals surface area (Å²) < 4.78 is 5.78. The van der Waals surface area contributed by atoms with E-state index >= 15 is 0 Å². The molecule has 0 fully saturated rings. The van der Waals surface area contributed by atoms with E-state index in [-0.39, 0.29) is 11.0 Å². The van der Waals surface area contributed by atoms with Crippen molar-refractivity contribution in [2.75, 3.05) is 5.32 Å². The Labute approximate surface area is 140 Å². The third-order valence-corrected chi connectivity index (χ3v) is 3.68. The van der Waals surface area contributed by atoms with Gasteiger partial charge in [0.1, 0.15) is 11.1 Å². The van der Waals surface area contributed by atoms with Gasteiger partial charge in [0.2, 0.25) is 5.28 Å². The molecule has 0 aliphatic carbocycles. The normalized spacial score (nSPS) is 11.0. The number of hydrogen-bond acceptors (Lipinski definition) is 6. The predicted molar refractivity (Wildman–Crippen MR) is 90.7 cm³/mol. The third-order valence-electron chi connectivity index (χ3n) is 3.52. The number of hydrogen-bond donors (Lipinski definition) is 1. The van der Waals surface area contributed by atoms with Crippen molar-refractivity contribution in [3.8, 4) is 0 Å². The summed E-state index contributed by atoms with van der Waals surface area (Å²) in [5.41, 5.74) is 2.05. The minimum absolute atomic E-state index is 0.0233. The molecule has 1 N–H and O–H groups in total. The number of nitrogens with one attached hydrogen (secondary N) is 1. The smallest absolute Gasteiger partial charge is 0.270 e. The number of furan rings is 1. The van der Waals surface area contributed by atoms with E-state index in [1.807, 2.05) is 30.3 Å². The first kappa shape index (κ1) is 14.4. The second-order valence-corrected chi connectivity index (χ2v) is 5.39. The van der Waals surface area contributed by atoms with Crippen LogP contribution in [0.2, 0.25) is 5.28 Å². The van der Waals surface area contributed by atoms with Crippen molar-refractivity contribution in [1.82, 2.24) is 9.97 Å². The molecular formula is C16H9ClN4O3. The van der Waals surface area contributed by atoms with Gasteiger partial charge in [0.05, 0.1) is 10.3 Å². The lowest BCUT2D eigenvalue weighted by Gasteiger charge is -2.05. The van der Waals surface area contributed by atoms with Gasteiger partial charge < -0.3 is 9.73 Å². The van der Waals surface area contributed by atoms with Gasteiger partial charge in [-0.1, -0.05) is 18.2 Å². The van der Waals surface area contributed by atoms with Crippen LogP contribution in [0.3, 0.4) is 0 Å². The van der Waals surface area contributed by atoms with Gasteiger partial charge in [-0.25, -0.2) is 4.98 Å². The topological polar surface area (TPSA) is 94.1 Å². The maximum atomic E-state index is 11.0. The highest BCUT2D eigenvalue weighted by atomic mass is 35.5. The second kappa shape index (κ2) is 5.47. The summed E-state index contributed by atoms with van der Waals surface area (Å²) >= 11 is 6.01. The van der Waals surface area contributed by atoms with Crippen LogP contribution in [0.5, 0.6) is 0 Å². The van der Waals surface area contributed by atoms with Crippen LogP contribution in [0.25, 0.3) is 22.1 Å². The van der Waals surface area contributed by atoms with E-state index in [4.69, 9.17) is 16.0 Å². The summed E-state index contributed by atoms with van der Waals surface area (Å²) in [7, 11) is 0. The molecule has 118 valence electrons. The van der Waals surface area contributed by atoms with Crippen molar-refractivity contribution in [3.05, 3.63) is 63.9 Å². The van der Waals surface area contributed by atoms with Crippen LogP contribution in [-0.2, 0) is 0 Å². The molecular weight excluding hydrogens is 332 g/mol. The molecule has 0 aliphatic rings. The number of non-ortho nitro benzene ring substituents is 1. The van der Waals surface area contributed by atoms with E-state index in [2.05, 4.69) is 15.3 Å². The van der Waals surface area contributed by atoms with Crippen molar-refractivity contribution >= 4 is 50.9 Å². The van der Waals surface area contributed by atoms with Crippen molar-refractivity contribution < 1.29 is 9.34 Å². The molecule has 8 heteroatoms. The molecule has 0 saturated heterocycles. The zero-order valence-electron chi connectivity index (χ0n) is 12.1. The van der Waals surface area contributed by atoms with Gasteiger partial charge in [-0.15, -0.1) is 0 Å². The maximum Gasteiger partial charge on any atom is 0.270 e. The average molecular weight is 341 g/mol. The number of para-hydroxylation sites is 1. The average Bonchev–Trinajstić information content (AvgIpc) is 2.94. The molecule has 0 atom stereocenters. The number of nitrogens with zero attached hydrogens (tertiary/aromatic N) is 3. The molecule has 2 heterocycles. The molecule has 0 bridgehead atoms. The van der Waals surface area contributed by atoms with Gasteiger partial charge in [0, 0.05) is 17.8 Å². The summed E-state index contributed by atoms with van der Waals surface area (Å²) in [4.78, 5) is 18.8. The fourth-order valence-electron chi connectivity index (χ4n) is 2.46. The summed E-state index contributed by atoms with van der Waals surface area (Å²) in [6.07, 6.45) is 0. The quantitative estimate of drug-likeness (QED) is 0.330. The van der Waals surface area contributed by atoms with Crippen LogP contribution in [0.1, 0.15) is 0 Å². The summed E-state index contributed by atoms with van der Waals surface area (Å²) in [6.45, 7) is 0. The van der Waals surface area contributed by atoms with Gasteiger partial charge >= 0.3 is 0 Å². The first-order valence-corrected chi connectivity index (χ1v) is 7.36. The van der Waals surface area contributed by atoms with Crippen molar-refractivity contribution in [2.24, 2.45) is 0 Å². The largest absolute Gasteiger partial charge is 0.450 e. The van der Waals surface area contributed by atoms with E-state index in [0.29, 0.717) is 27.9 Å². The number of nitro groups is 1. The lowest BCUT2D eigenvalue weighted by Crippen LogP contribution is -1.95. The molecule has 24 heavy (non-hydrogen) atoms. The van der Waals surface area contributed by atoms with Crippen LogP contribution in [-0.4, -0.2) is 14.9 Å². The van der Waals surface area contributed by atoms with E-state index in [1.54, 1.807) is 0 Å². The molecule has 4 rings (SSSR count). The highest BCUT2D eigenvalue weighted by Crippen LogP contribution is 2.35. The number of fused-ring (bicyclic) bond motifs is 3. The Bertz CT molecular complexity index is 1080. The zero-order chi connectivity index (χ0) is 16.7. The first-order chi connectivity index (χ1) is 11.6. The third kappa shape index (κ3) is 2.40. The number of benzene rings is 2. The number of nitro benzene ring substituents is 1. The molecule has 0 unspecified atom stereocenters. The molecule has 2 aromatic carbocycles. The van der Waals surface area contributed by atoms with E-state index in [1.165, 1.54) is 18.2 Å². The maximum absolute atomic E-state index is 11.0. The predicted octanol–water partition coefficient (Wildman–Crippen LogP) is 4.68. The lowest BCUT2D eigenvalue weighted by atomic mass is 10.2. The Balaban J connectivity index is 1.94. The minimum Gasteiger partial charge on any atom is -0.450 e. The van der Waals surface area contributed by atoms with Crippen molar-refractivity contribution in [2.45, 2.75) is 0 Å². The van der Waals surface area contributed by atoms with Crippen LogP contribution in [0.15, 0.2) is 52.9 Å². The number of rotatable bonds is 3. The highest BCUT2D eigenvalue weighted by Gasteiger charge is 2.18. The molecule has 0 aliphatic heterocycles. The van der Waals surface area contributed by atoms with Gasteiger partial charge in [-0.05, 0) is 29.8 Å². The Hall–Kier alpha value is -3.19. The molecule has 0 spiro atoms. The highest BCUT2D eigenvalue weighted by molar-refractivity contribution is 6.29. The van der Waals surface area contributed by atoms with E-state index in [0.717, 1.165) is 5.69 Å². The monoisotopic (exact) mass is 340 g/mol. The van der Waals surface area contributed by atoms with Gasteiger partial charge in [-0.3, -0.25) is 10.1 Å². The Morgan fingerprint density at radius 2 is 1.92 bits per heavy atom. The Kier molecular flexibility index (Phi) is 3.28. The van der Waals surface area contributed by atoms with Crippen molar-refractivity contribution in [3.63, 3.8) is 0 Å². The van der Waals surface area contributed by atoms with Crippen LogP contribution < -0.4 is 5.32 Å². The first-order valence-electron chi connectivity index (χ1n) is 6.98. The number of halogens is 1. The Morgan fingerprint density at radius 3 is 2.67 bits per heavy atom. The van der Waals surface area contributed by atoms with Gasteiger partial charge in [-0.2, -0.15) is 4.98 Å². The number of aromatic nitrogens is 2. The second-order valence-electron chi connectivity index (χ2n) is 5.05. The number of anilines is 2. The lowest BCUT2D eigenvalue weighted by molar-refractivity contribution is -0.384. The summed E-state index contributed by atoms with van der Waals surface area (Å²) in [5, 5.41) is 14.6. The van der Waals surface area contributed by atoms with E-state index in [9.17, 15) is 10.1 Å². The summed E-state index contributed by atoms with van der Waals surface area (Å²) in [5.74, 6) is 0.398. The molecule has 7 nitrogen and oxygen atoms in total. The molecule has 0 saturated carbocycles. The van der Waals surface area contributed by atoms with Gasteiger partial charge in [0.25, 0.3) is 5.69 Å². The Morgan fingerprint density at radius 1 is 1.12 bits per heavy atom. The van der Waals surface area contributed by atoms with Crippen LogP contribution in [0, 0.1) is 10.1 Å². The molecule has 0 radical (unpaired) electrons. The summed E-state index contributed by atoms with van der Waals surface area (Å²) in [6, 6.07) is 13.7. The molecule has 4 aromatic rings. The standard InChI is InChI=1S/C16H9ClN4O3/c17-16-19-13-11-8-10(21(22)23)6-7-12(11)24-14(13)15(20-16)18-9-4-2-1-3-5-9/h1-8H,(H,18,19,20). The van der Waals surface area contributed by atoms with E-state index < -0.39 is 4.92 Å². The van der Waals surface area contributed by atoms with Gasteiger partial charge in [0.15, 0.2) is 11.4 Å². The fourth-order valence-corrected chi connectivity index (χ4v) is 2.63. The van der Waals surface area contributed by atoms with Crippen LogP contribution in [0.4, 0.5) is 17.2 Å². The molecule has 2 aromatic heterocycles. The fraction of sp³-hybridized carbons (Fsp3) is 0. The van der Waals surface area contributed by atoms with Crippen molar-refractivity contribution in [1.29, 1.82) is 0 Å². The molecule has 0 amide bonds. The zero-order valence-corrected chi connectivity index (χ0v) is 12.8.